The van der Waals surface area contributed by atoms with Crippen LogP contribution in [0, 0.1) is 0 Å². The Bertz CT molecular complexity index is 864. The fourth-order valence-corrected chi connectivity index (χ4v) is 3.23. The van der Waals surface area contributed by atoms with E-state index in [0.717, 1.165) is 0 Å². The van der Waals surface area contributed by atoms with E-state index in [2.05, 4.69) is 10.0 Å². The maximum atomic E-state index is 12.3. The SMILES string of the molecule is CCOc1ccc(S(=O)(=O)NCC(=O)Nc2ccccc2OC(C)C)cc1. The minimum absolute atomic E-state index is 0.0544. The van der Waals surface area contributed by atoms with Gasteiger partial charge in [-0.25, -0.2) is 13.1 Å². The standard InChI is InChI=1S/C19H24N2O5S/c1-4-25-15-9-11-16(12-10-15)27(23,24)20-13-19(22)21-17-7-5-6-8-18(17)26-14(2)3/h5-12,14,20H,4,13H2,1-3H3,(H,21,22). The van der Waals surface area contributed by atoms with Crippen LogP contribution < -0.4 is 19.5 Å². The summed E-state index contributed by atoms with van der Waals surface area (Å²) in [6.45, 7) is 5.69. The number of carbonyl (C=O) groups excluding carboxylic acids is 1. The number of carbonyl (C=O) groups is 1. The van der Waals surface area contributed by atoms with Gasteiger partial charge in [-0.1, -0.05) is 12.1 Å². The molecule has 8 heteroatoms. The summed E-state index contributed by atoms with van der Waals surface area (Å²) in [7, 11) is -3.81. The molecule has 0 saturated carbocycles. The van der Waals surface area contributed by atoms with Crippen LogP contribution in [0.1, 0.15) is 20.8 Å². The van der Waals surface area contributed by atoms with Crippen molar-refractivity contribution in [1.82, 2.24) is 4.72 Å². The molecule has 2 aromatic carbocycles. The van der Waals surface area contributed by atoms with Crippen LogP contribution in [-0.2, 0) is 14.8 Å². The molecular weight excluding hydrogens is 368 g/mol. The minimum Gasteiger partial charge on any atom is -0.494 e. The summed E-state index contributed by atoms with van der Waals surface area (Å²) in [4.78, 5) is 12.2. The lowest BCUT2D eigenvalue weighted by Crippen LogP contribution is -2.33. The van der Waals surface area contributed by atoms with Gasteiger partial charge in [0.2, 0.25) is 15.9 Å². The van der Waals surface area contributed by atoms with E-state index in [1.54, 1.807) is 36.4 Å². The smallest absolute Gasteiger partial charge is 0.241 e. The first-order chi connectivity index (χ1) is 12.8. The van der Waals surface area contributed by atoms with Gasteiger partial charge >= 0.3 is 0 Å². The van der Waals surface area contributed by atoms with Crippen LogP contribution in [0.5, 0.6) is 11.5 Å². The van der Waals surface area contributed by atoms with E-state index in [-0.39, 0.29) is 11.0 Å². The van der Waals surface area contributed by atoms with Gasteiger partial charge in [0.15, 0.2) is 0 Å². The first-order valence-corrected chi connectivity index (χ1v) is 10.1. The second-order valence-corrected chi connectivity index (χ2v) is 7.71. The summed E-state index contributed by atoms with van der Waals surface area (Å²) in [6.07, 6.45) is -0.0544. The molecule has 0 aliphatic rings. The molecule has 2 aromatic rings. The van der Waals surface area contributed by atoms with Crippen molar-refractivity contribution in [2.75, 3.05) is 18.5 Å². The van der Waals surface area contributed by atoms with Crippen LogP contribution in [-0.4, -0.2) is 33.6 Å². The summed E-state index contributed by atoms with van der Waals surface area (Å²) in [6, 6.07) is 13.0. The van der Waals surface area contributed by atoms with Gasteiger partial charge in [-0.2, -0.15) is 0 Å². The summed E-state index contributed by atoms with van der Waals surface area (Å²) in [5.41, 5.74) is 0.483. The number of hydrogen-bond acceptors (Lipinski definition) is 5. The lowest BCUT2D eigenvalue weighted by atomic mass is 10.3. The van der Waals surface area contributed by atoms with Crippen LogP contribution in [0.15, 0.2) is 53.4 Å². The maximum Gasteiger partial charge on any atom is 0.241 e. The van der Waals surface area contributed by atoms with E-state index in [9.17, 15) is 13.2 Å². The van der Waals surface area contributed by atoms with Gasteiger partial charge in [0.1, 0.15) is 11.5 Å². The van der Waals surface area contributed by atoms with Crippen LogP contribution in [0.25, 0.3) is 0 Å². The predicted octanol–water partition coefficient (Wildman–Crippen LogP) is 2.79. The molecule has 1 amide bonds. The Morgan fingerprint density at radius 1 is 1.07 bits per heavy atom. The summed E-state index contributed by atoms with van der Waals surface area (Å²) in [5, 5.41) is 2.65. The third-order valence-electron chi connectivity index (χ3n) is 3.39. The second kappa shape index (κ2) is 9.38. The molecule has 7 nitrogen and oxygen atoms in total. The van der Waals surface area contributed by atoms with Gasteiger partial charge in [-0.3, -0.25) is 4.79 Å². The van der Waals surface area contributed by atoms with Crippen molar-refractivity contribution in [1.29, 1.82) is 0 Å². The third kappa shape index (κ3) is 6.26. The van der Waals surface area contributed by atoms with E-state index in [1.165, 1.54) is 12.1 Å². The topological polar surface area (TPSA) is 93.7 Å². The van der Waals surface area contributed by atoms with Crippen molar-refractivity contribution in [2.45, 2.75) is 31.8 Å². The molecule has 0 atom stereocenters. The molecule has 27 heavy (non-hydrogen) atoms. The highest BCUT2D eigenvalue weighted by molar-refractivity contribution is 7.89. The lowest BCUT2D eigenvalue weighted by molar-refractivity contribution is -0.115. The molecule has 0 saturated heterocycles. The van der Waals surface area contributed by atoms with Crippen LogP contribution in [0.3, 0.4) is 0 Å². The zero-order valence-electron chi connectivity index (χ0n) is 15.6. The Balaban J connectivity index is 1.98. The number of hydrogen-bond donors (Lipinski definition) is 2. The van der Waals surface area contributed by atoms with Gasteiger partial charge in [-0.15, -0.1) is 0 Å². The molecule has 0 fully saturated rings. The average Bonchev–Trinajstić information content (AvgIpc) is 2.62. The fourth-order valence-electron chi connectivity index (χ4n) is 2.25. The summed E-state index contributed by atoms with van der Waals surface area (Å²) < 4.78 is 37.8. The second-order valence-electron chi connectivity index (χ2n) is 5.94. The summed E-state index contributed by atoms with van der Waals surface area (Å²) in [5.74, 6) is 0.607. The number of amides is 1. The Hall–Kier alpha value is -2.58. The van der Waals surface area contributed by atoms with E-state index in [1.807, 2.05) is 20.8 Å². The van der Waals surface area contributed by atoms with Crippen molar-refractivity contribution < 1.29 is 22.7 Å². The van der Waals surface area contributed by atoms with Gasteiger partial charge in [0.25, 0.3) is 0 Å². The normalized spacial score (nSPS) is 11.3. The Morgan fingerprint density at radius 3 is 2.37 bits per heavy atom. The van der Waals surface area contributed by atoms with Crippen molar-refractivity contribution in [3.05, 3.63) is 48.5 Å². The minimum atomic E-state index is -3.81. The number of benzene rings is 2. The van der Waals surface area contributed by atoms with Crippen molar-refractivity contribution in [2.24, 2.45) is 0 Å². The van der Waals surface area contributed by atoms with E-state index < -0.39 is 22.5 Å². The largest absolute Gasteiger partial charge is 0.494 e. The molecule has 0 heterocycles. The van der Waals surface area contributed by atoms with Crippen molar-refractivity contribution in [3.8, 4) is 11.5 Å². The number of ether oxygens (including phenoxy) is 2. The van der Waals surface area contributed by atoms with Crippen LogP contribution in [0.2, 0.25) is 0 Å². The highest BCUT2D eigenvalue weighted by atomic mass is 32.2. The molecule has 0 aromatic heterocycles. The molecule has 2 N–H and O–H groups in total. The Morgan fingerprint density at radius 2 is 1.74 bits per heavy atom. The molecule has 0 aliphatic heterocycles. The van der Waals surface area contributed by atoms with Gasteiger partial charge in [0, 0.05) is 0 Å². The Kier molecular flexibility index (Phi) is 7.20. The monoisotopic (exact) mass is 392 g/mol. The van der Waals surface area contributed by atoms with E-state index in [4.69, 9.17) is 9.47 Å². The zero-order valence-corrected chi connectivity index (χ0v) is 16.4. The maximum absolute atomic E-state index is 12.3. The third-order valence-corrected chi connectivity index (χ3v) is 4.81. The van der Waals surface area contributed by atoms with Crippen molar-refractivity contribution >= 4 is 21.6 Å². The van der Waals surface area contributed by atoms with E-state index >= 15 is 0 Å². The molecule has 0 radical (unpaired) electrons. The number of rotatable bonds is 9. The van der Waals surface area contributed by atoms with Gasteiger partial charge in [-0.05, 0) is 57.2 Å². The first-order valence-electron chi connectivity index (χ1n) is 8.60. The lowest BCUT2D eigenvalue weighted by Gasteiger charge is -2.15. The highest BCUT2D eigenvalue weighted by Crippen LogP contribution is 2.24. The van der Waals surface area contributed by atoms with Crippen LogP contribution >= 0.6 is 0 Å². The van der Waals surface area contributed by atoms with Gasteiger partial charge in [0.05, 0.1) is 29.8 Å². The molecule has 0 aliphatic carbocycles. The Labute approximate surface area is 159 Å². The predicted molar refractivity (Wildman–Crippen MR) is 104 cm³/mol. The molecule has 0 spiro atoms. The molecule has 0 unspecified atom stereocenters. The fraction of sp³-hybridized carbons (Fsp3) is 0.316. The van der Waals surface area contributed by atoms with E-state index in [0.29, 0.717) is 23.8 Å². The zero-order chi connectivity index (χ0) is 19.9. The quantitative estimate of drug-likeness (QED) is 0.684. The average molecular weight is 392 g/mol. The molecule has 146 valence electrons. The molecular formula is C19H24N2O5S. The first kappa shape index (κ1) is 20.7. The van der Waals surface area contributed by atoms with Crippen LogP contribution in [0.4, 0.5) is 5.69 Å². The number of anilines is 1. The van der Waals surface area contributed by atoms with Crippen molar-refractivity contribution in [3.63, 3.8) is 0 Å². The number of nitrogens with one attached hydrogen (secondary N) is 2. The number of sulfonamides is 1. The highest BCUT2D eigenvalue weighted by Gasteiger charge is 2.16. The number of para-hydroxylation sites is 2. The summed E-state index contributed by atoms with van der Waals surface area (Å²) >= 11 is 0. The molecule has 0 bridgehead atoms. The molecule has 2 rings (SSSR count). The van der Waals surface area contributed by atoms with Gasteiger partial charge < -0.3 is 14.8 Å².